The lowest BCUT2D eigenvalue weighted by Crippen LogP contribution is -2.25. The van der Waals surface area contributed by atoms with E-state index in [2.05, 4.69) is 46.5 Å². The Kier molecular flexibility index (Phi) is 4.76. The van der Waals surface area contributed by atoms with E-state index in [1.807, 2.05) is 17.9 Å². The second kappa shape index (κ2) is 6.63. The third kappa shape index (κ3) is 3.16. The fourth-order valence-electron chi connectivity index (χ4n) is 4.03. The highest BCUT2D eigenvalue weighted by Gasteiger charge is 2.36. The van der Waals surface area contributed by atoms with Crippen molar-refractivity contribution in [3.8, 4) is 11.3 Å². The van der Waals surface area contributed by atoms with Gasteiger partial charge in [0.05, 0.1) is 5.69 Å². The van der Waals surface area contributed by atoms with Crippen LogP contribution in [0.1, 0.15) is 11.1 Å². The summed E-state index contributed by atoms with van der Waals surface area (Å²) in [6, 6.07) is 8.93. The van der Waals surface area contributed by atoms with Crippen molar-refractivity contribution >= 4 is 12.4 Å². The average molecular weight is 333 g/mol. The minimum Gasteiger partial charge on any atom is -0.316 e. The van der Waals surface area contributed by atoms with E-state index in [0.29, 0.717) is 0 Å². The van der Waals surface area contributed by atoms with Gasteiger partial charge in [0.25, 0.3) is 0 Å². The fourth-order valence-corrected chi connectivity index (χ4v) is 4.03. The van der Waals surface area contributed by atoms with E-state index in [4.69, 9.17) is 0 Å². The molecular formula is C18H25ClN4. The Morgan fingerprint density at radius 3 is 2.57 bits per heavy atom. The van der Waals surface area contributed by atoms with Crippen molar-refractivity contribution in [2.24, 2.45) is 18.9 Å². The molecular weight excluding hydrogens is 308 g/mol. The number of likely N-dealkylation sites (tertiary alicyclic amines) is 1. The predicted molar refractivity (Wildman–Crippen MR) is 95.8 cm³/mol. The van der Waals surface area contributed by atoms with Gasteiger partial charge in [0.1, 0.15) is 0 Å². The second-order valence-corrected chi connectivity index (χ2v) is 6.87. The van der Waals surface area contributed by atoms with E-state index < -0.39 is 0 Å². The van der Waals surface area contributed by atoms with E-state index in [1.54, 1.807) is 0 Å². The molecule has 2 aromatic rings. The number of aryl methyl sites for hydroxylation is 2. The number of benzene rings is 1. The van der Waals surface area contributed by atoms with Crippen molar-refractivity contribution in [3.63, 3.8) is 0 Å². The van der Waals surface area contributed by atoms with Crippen molar-refractivity contribution in [2.45, 2.75) is 13.5 Å². The third-order valence-electron chi connectivity index (χ3n) is 5.22. The molecule has 2 saturated heterocycles. The molecule has 0 amide bonds. The maximum Gasteiger partial charge on any atom is 0.0682 e. The lowest BCUT2D eigenvalue weighted by Gasteiger charge is -2.20. The van der Waals surface area contributed by atoms with Gasteiger partial charge in [-0.15, -0.1) is 12.4 Å². The van der Waals surface area contributed by atoms with Crippen LogP contribution in [0.2, 0.25) is 0 Å². The zero-order chi connectivity index (χ0) is 15.1. The van der Waals surface area contributed by atoms with Gasteiger partial charge in [0, 0.05) is 38.4 Å². The molecule has 2 atom stereocenters. The number of rotatable bonds is 3. The molecule has 0 bridgehead atoms. The summed E-state index contributed by atoms with van der Waals surface area (Å²) >= 11 is 0. The molecule has 3 heterocycles. The summed E-state index contributed by atoms with van der Waals surface area (Å²) in [6.45, 7) is 8.07. The molecule has 2 fully saturated rings. The highest BCUT2D eigenvalue weighted by molar-refractivity contribution is 5.85. The van der Waals surface area contributed by atoms with Crippen LogP contribution in [-0.4, -0.2) is 40.9 Å². The molecule has 0 unspecified atom stereocenters. The lowest BCUT2D eigenvalue weighted by atomic mass is 10.0. The van der Waals surface area contributed by atoms with Crippen molar-refractivity contribution < 1.29 is 0 Å². The topological polar surface area (TPSA) is 33.1 Å². The summed E-state index contributed by atoms with van der Waals surface area (Å²) in [7, 11) is 2.02. The first-order chi connectivity index (χ1) is 10.7. The standard InChI is InChI=1S/C18H24N4.ClH/c1-13-3-4-14(17(7-13)18-5-6-20-21(18)2)10-22-11-15-8-19-9-16(15)12-22;/h3-7,15-16,19H,8-12H2,1-2H3;1H/t15-,16+;. The first kappa shape index (κ1) is 16.5. The van der Waals surface area contributed by atoms with E-state index in [0.717, 1.165) is 18.4 Å². The smallest absolute Gasteiger partial charge is 0.0682 e. The number of halogens is 1. The van der Waals surface area contributed by atoms with Crippen LogP contribution in [0.5, 0.6) is 0 Å². The molecule has 5 heteroatoms. The van der Waals surface area contributed by atoms with Crippen molar-refractivity contribution in [1.82, 2.24) is 20.0 Å². The number of hydrogen-bond acceptors (Lipinski definition) is 3. The Labute approximate surface area is 144 Å². The van der Waals surface area contributed by atoms with Gasteiger partial charge in [-0.1, -0.05) is 17.7 Å². The summed E-state index contributed by atoms with van der Waals surface area (Å²) in [4.78, 5) is 2.63. The van der Waals surface area contributed by atoms with Crippen molar-refractivity contribution in [3.05, 3.63) is 41.6 Å². The number of nitrogens with one attached hydrogen (secondary N) is 1. The zero-order valence-electron chi connectivity index (χ0n) is 13.8. The molecule has 0 spiro atoms. The van der Waals surface area contributed by atoms with Gasteiger partial charge in [-0.25, -0.2) is 0 Å². The Balaban J connectivity index is 0.00000156. The Morgan fingerprint density at radius 2 is 1.91 bits per heavy atom. The van der Waals surface area contributed by atoms with Crippen molar-refractivity contribution in [1.29, 1.82) is 0 Å². The van der Waals surface area contributed by atoms with Crippen LogP contribution in [0.4, 0.5) is 0 Å². The largest absolute Gasteiger partial charge is 0.316 e. The van der Waals surface area contributed by atoms with Gasteiger partial charge < -0.3 is 5.32 Å². The molecule has 124 valence electrons. The van der Waals surface area contributed by atoms with E-state index in [1.165, 1.54) is 48.6 Å². The highest BCUT2D eigenvalue weighted by atomic mass is 35.5. The summed E-state index contributed by atoms with van der Waals surface area (Å²) in [6.07, 6.45) is 1.88. The highest BCUT2D eigenvalue weighted by Crippen LogP contribution is 2.30. The van der Waals surface area contributed by atoms with Crippen LogP contribution in [-0.2, 0) is 13.6 Å². The zero-order valence-corrected chi connectivity index (χ0v) is 14.6. The molecule has 0 saturated carbocycles. The number of fused-ring (bicyclic) bond motifs is 1. The normalized spacial score (nSPS) is 23.7. The van der Waals surface area contributed by atoms with Gasteiger partial charge in [0.15, 0.2) is 0 Å². The summed E-state index contributed by atoms with van der Waals surface area (Å²) in [5, 5.41) is 7.86. The molecule has 1 aromatic carbocycles. The maximum absolute atomic E-state index is 4.34. The third-order valence-corrected chi connectivity index (χ3v) is 5.22. The molecule has 2 aliphatic rings. The van der Waals surface area contributed by atoms with Gasteiger partial charge in [-0.2, -0.15) is 5.10 Å². The minimum absolute atomic E-state index is 0. The molecule has 0 radical (unpaired) electrons. The van der Waals surface area contributed by atoms with Crippen LogP contribution >= 0.6 is 12.4 Å². The van der Waals surface area contributed by atoms with E-state index in [9.17, 15) is 0 Å². The quantitative estimate of drug-likeness (QED) is 0.937. The summed E-state index contributed by atoms with van der Waals surface area (Å²) in [5.74, 6) is 1.70. The Morgan fingerprint density at radius 1 is 1.17 bits per heavy atom. The maximum atomic E-state index is 4.34. The van der Waals surface area contributed by atoms with E-state index in [-0.39, 0.29) is 12.4 Å². The van der Waals surface area contributed by atoms with Gasteiger partial charge in [0.2, 0.25) is 0 Å². The van der Waals surface area contributed by atoms with Crippen LogP contribution in [0.25, 0.3) is 11.3 Å². The molecule has 1 N–H and O–H groups in total. The molecule has 1 aromatic heterocycles. The molecule has 2 aliphatic heterocycles. The molecule has 4 nitrogen and oxygen atoms in total. The van der Waals surface area contributed by atoms with Gasteiger partial charge in [-0.05, 0) is 49.5 Å². The molecule has 0 aliphatic carbocycles. The monoisotopic (exact) mass is 332 g/mol. The van der Waals surface area contributed by atoms with Crippen LogP contribution in [0, 0.1) is 18.8 Å². The number of nitrogens with zero attached hydrogens (tertiary/aromatic N) is 3. The van der Waals surface area contributed by atoms with Crippen molar-refractivity contribution in [2.75, 3.05) is 26.2 Å². The van der Waals surface area contributed by atoms with Crippen LogP contribution in [0.15, 0.2) is 30.5 Å². The van der Waals surface area contributed by atoms with Crippen LogP contribution < -0.4 is 5.32 Å². The first-order valence-corrected chi connectivity index (χ1v) is 8.21. The molecule has 4 rings (SSSR count). The van der Waals surface area contributed by atoms with Gasteiger partial charge >= 0.3 is 0 Å². The summed E-state index contributed by atoms with van der Waals surface area (Å²) in [5.41, 5.74) is 5.26. The summed E-state index contributed by atoms with van der Waals surface area (Å²) < 4.78 is 1.97. The number of aromatic nitrogens is 2. The fraction of sp³-hybridized carbons (Fsp3) is 0.500. The Hall–Kier alpha value is -1.36. The SMILES string of the molecule is Cc1ccc(CN2C[C@H]3CNC[C@H]3C2)c(-c2ccnn2C)c1.Cl. The average Bonchev–Trinajstić information content (AvgIpc) is 3.16. The van der Waals surface area contributed by atoms with Gasteiger partial charge in [-0.3, -0.25) is 9.58 Å². The predicted octanol–water partition coefficient (Wildman–Crippen LogP) is 2.47. The van der Waals surface area contributed by atoms with Crippen LogP contribution in [0.3, 0.4) is 0 Å². The number of hydrogen-bond donors (Lipinski definition) is 1. The Bertz CT molecular complexity index is 669. The minimum atomic E-state index is 0. The first-order valence-electron chi connectivity index (χ1n) is 8.21. The second-order valence-electron chi connectivity index (χ2n) is 6.87. The van der Waals surface area contributed by atoms with E-state index >= 15 is 0 Å². The lowest BCUT2D eigenvalue weighted by molar-refractivity contribution is 0.306. The molecule has 23 heavy (non-hydrogen) atoms.